The molecule has 0 radical (unpaired) electrons. The molecule has 0 fully saturated rings. The van der Waals surface area contributed by atoms with Gasteiger partial charge in [-0.05, 0) is 46.9 Å². The summed E-state index contributed by atoms with van der Waals surface area (Å²) in [5.41, 5.74) is 0.0679. The van der Waals surface area contributed by atoms with E-state index in [-0.39, 0.29) is 8.47 Å². The van der Waals surface area contributed by atoms with Crippen molar-refractivity contribution in [1.29, 1.82) is 0 Å². The van der Waals surface area contributed by atoms with E-state index in [4.69, 9.17) is 11.6 Å². The van der Waals surface area contributed by atoms with Gasteiger partial charge >= 0.3 is 0 Å². The minimum Gasteiger partial charge on any atom is -0.360 e. The van der Waals surface area contributed by atoms with Gasteiger partial charge in [0.25, 0.3) is 10.0 Å². The predicted molar refractivity (Wildman–Crippen MR) is 93.2 cm³/mol. The summed E-state index contributed by atoms with van der Waals surface area (Å²) in [6.45, 7) is 0. The van der Waals surface area contributed by atoms with Gasteiger partial charge in [-0.3, -0.25) is 4.72 Å². The molecule has 2 aromatic carbocycles. The Bertz CT molecular complexity index is 1020. The molecule has 0 unspecified atom stereocenters. The first kappa shape index (κ1) is 16.5. The molecule has 1 aromatic heterocycles. The summed E-state index contributed by atoms with van der Waals surface area (Å²) in [5, 5.41) is 0.843. The highest BCUT2D eigenvalue weighted by atomic mass is 127. The van der Waals surface area contributed by atoms with Crippen LogP contribution in [0.2, 0.25) is 5.02 Å². The van der Waals surface area contributed by atoms with Crippen molar-refractivity contribution in [3.05, 3.63) is 56.8 Å². The van der Waals surface area contributed by atoms with Crippen LogP contribution in [-0.2, 0) is 10.0 Å². The molecular weight excluding hydrogens is 461 g/mol. The van der Waals surface area contributed by atoms with Crippen LogP contribution in [0.3, 0.4) is 0 Å². The lowest BCUT2D eigenvalue weighted by atomic mass is 10.2. The van der Waals surface area contributed by atoms with Crippen LogP contribution < -0.4 is 4.72 Å². The van der Waals surface area contributed by atoms with E-state index >= 15 is 0 Å². The van der Waals surface area contributed by atoms with Crippen LogP contribution in [0.4, 0.5) is 14.5 Å². The first-order valence-electron chi connectivity index (χ1n) is 6.22. The monoisotopic (exact) mass is 468 g/mol. The van der Waals surface area contributed by atoms with Gasteiger partial charge in [0.15, 0.2) is 0 Å². The van der Waals surface area contributed by atoms with Crippen molar-refractivity contribution in [3.8, 4) is 0 Å². The Morgan fingerprint density at radius 1 is 1.13 bits per heavy atom. The molecule has 0 aliphatic carbocycles. The summed E-state index contributed by atoms with van der Waals surface area (Å²) in [6.07, 6.45) is 1.27. The van der Waals surface area contributed by atoms with Gasteiger partial charge in [-0.2, -0.15) is 0 Å². The number of benzene rings is 2. The van der Waals surface area contributed by atoms with Crippen molar-refractivity contribution in [2.45, 2.75) is 4.90 Å². The number of aromatic nitrogens is 1. The third-order valence-corrected chi connectivity index (χ3v) is 5.62. The van der Waals surface area contributed by atoms with Crippen molar-refractivity contribution in [3.63, 3.8) is 0 Å². The van der Waals surface area contributed by atoms with Gasteiger partial charge < -0.3 is 4.98 Å². The van der Waals surface area contributed by atoms with Crippen LogP contribution in [0, 0.1) is 15.2 Å². The van der Waals surface area contributed by atoms with E-state index in [2.05, 4.69) is 9.71 Å². The lowest BCUT2D eigenvalue weighted by Crippen LogP contribution is -2.14. The molecule has 0 amide bonds. The standard InChI is InChI=1S/C14H8ClF2IN2O2S/c15-7-1-2-8-12(3-7)19-6-14(8)23(21,22)20-13-5-9(16)11(18)4-10(13)17/h1-6,19-20H. The quantitative estimate of drug-likeness (QED) is 0.439. The van der Waals surface area contributed by atoms with Gasteiger partial charge in [-0.25, -0.2) is 17.2 Å². The predicted octanol–water partition coefficient (Wildman–Crippen LogP) is 4.50. The molecule has 23 heavy (non-hydrogen) atoms. The molecule has 0 atom stereocenters. The number of rotatable bonds is 3. The topological polar surface area (TPSA) is 62.0 Å². The van der Waals surface area contributed by atoms with E-state index in [0.29, 0.717) is 15.9 Å². The van der Waals surface area contributed by atoms with E-state index < -0.39 is 27.3 Å². The molecule has 4 nitrogen and oxygen atoms in total. The highest BCUT2D eigenvalue weighted by Gasteiger charge is 2.21. The SMILES string of the molecule is O=S(=O)(Nc1cc(F)c(I)cc1F)c1c[nH]c2cc(Cl)ccc12. The van der Waals surface area contributed by atoms with Gasteiger partial charge in [0.05, 0.1) is 9.26 Å². The Kier molecular flexibility index (Phi) is 4.23. The Labute approximate surface area is 149 Å². The second-order valence-corrected chi connectivity index (χ2v) is 7.94. The van der Waals surface area contributed by atoms with Gasteiger partial charge in [-0.1, -0.05) is 11.6 Å². The van der Waals surface area contributed by atoms with Crippen LogP contribution in [0.1, 0.15) is 0 Å². The lowest BCUT2D eigenvalue weighted by molar-refractivity contribution is 0.591. The highest BCUT2D eigenvalue weighted by Crippen LogP contribution is 2.28. The molecule has 9 heteroatoms. The fourth-order valence-corrected chi connectivity index (χ4v) is 3.93. The van der Waals surface area contributed by atoms with Crippen LogP contribution in [0.25, 0.3) is 10.9 Å². The summed E-state index contributed by atoms with van der Waals surface area (Å²) in [4.78, 5) is 2.70. The van der Waals surface area contributed by atoms with E-state index in [1.54, 1.807) is 34.7 Å². The van der Waals surface area contributed by atoms with Crippen LogP contribution in [0.15, 0.2) is 41.4 Å². The summed E-state index contributed by atoms with van der Waals surface area (Å²) in [7, 11) is -4.10. The summed E-state index contributed by atoms with van der Waals surface area (Å²) in [5.74, 6) is -1.57. The van der Waals surface area contributed by atoms with Gasteiger partial charge in [0.1, 0.15) is 16.5 Å². The van der Waals surface area contributed by atoms with Crippen molar-refractivity contribution in [1.82, 2.24) is 4.98 Å². The molecule has 3 aromatic rings. The van der Waals surface area contributed by atoms with Crippen molar-refractivity contribution < 1.29 is 17.2 Å². The van der Waals surface area contributed by atoms with E-state index in [1.165, 1.54) is 12.3 Å². The van der Waals surface area contributed by atoms with Crippen LogP contribution in [0.5, 0.6) is 0 Å². The second kappa shape index (κ2) is 5.91. The van der Waals surface area contributed by atoms with Crippen LogP contribution >= 0.6 is 34.2 Å². The van der Waals surface area contributed by atoms with Gasteiger partial charge in [0, 0.05) is 28.2 Å². The lowest BCUT2D eigenvalue weighted by Gasteiger charge is -2.09. The number of aromatic amines is 1. The maximum absolute atomic E-state index is 13.8. The number of nitrogens with one attached hydrogen (secondary N) is 2. The second-order valence-electron chi connectivity index (χ2n) is 4.69. The largest absolute Gasteiger partial charge is 0.360 e. The Morgan fingerprint density at radius 3 is 2.61 bits per heavy atom. The Balaban J connectivity index is 2.06. The molecule has 120 valence electrons. The molecular formula is C14H8ClF2IN2O2S. The summed E-state index contributed by atoms with van der Waals surface area (Å²) in [6, 6.07) is 6.37. The highest BCUT2D eigenvalue weighted by molar-refractivity contribution is 14.1. The number of hydrogen-bond acceptors (Lipinski definition) is 2. The number of fused-ring (bicyclic) bond motifs is 1. The zero-order valence-corrected chi connectivity index (χ0v) is 14.9. The fraction of sp³-hybridized carbons (Fsp3) is 0. The molecule has 0 spiro atoms. The van der Waals surface area contributed by atoms with Crippen molar-refractivity contribution >= 4 is 60.8 Å². The Hall–Kier alpha value is -1.39. The normalized spacial score (nSPS) is 11.8. The molecule has 0 saturated heterocycles. The summed E-state index contributed by atoms with van der Waals surface area (Å²) < 4.78 is 54.4. The van der Waals surface area contributed by atoms with Gasteiger partial charge in [-0.15, -0.1) is 0 Å². The minimum atomic E-state index is -4.10. The molecule has 2 N–H and O–H groups in total. The zero-order chi connectivity index (χ0) is 16.8. The average molecular weight is 469 g/mol. The van der Waals surface area contributed by atoms with Crippen molar-refractivity contribution in [2.24, 2.45) is 0 Å². The molecule has 0 aliphatic heterocycles. The zero-order valence-electron chi connectivity index (χ0n) is 11.2. The fourth-order valence-electron chi connectivity index (χ4n) is 2.09. The molecule has 1 heterocycles. The third kappa shape index (κ3) is 3.15. The first-order chi connectivity index (χ1) is 10.8. The third-order valence-electron chi connectivity index (χ3n) is 3.15. The van der Waals surface area contributed by atoms with E-state index in [1.807, 2.05) is 0 Å². The maximum Gasteiger partial charge on any atom is 0.264 e. The number of sulfonamides is 1. The van der Waals surface area contributed by atoms with Gasteiger partial charge in [0.2, 0.25) is 0 Å². The smallest absolute Gasteiger partial charge is 0.264 e. The maximum atomic E-state index is 13.8. The number of hydrogen-bond donors (Lipinski definition) is 2. The minimum absolute atomic E-state index is 0.0600. The average Bonchev–Trinajstić information content (AvgIpc) is 2.88. The van der Waals surface area contributed by atoms with E-state index in [9.17, 15) is 17.2 Å². The van der Waals surface area contributed by atoms with E-state index in [0.717, 1.165) is 12.1 Å². The first-order valence-corrected chi connectivity index (χ1v) is 9.16. The number of H-pyrrole nitrogens is 1. The molecule has 3 rings (SSSR count). The molecule has 0 bridgehead atoms. The Morgan fingerprint density at radius 2 is 1.87 bits per heavy atom. The summed E-state index contributed by atoms with van der Waals surface area (Å²) >= 11 is 7.47. The number of halogens is 4. The molecule has 0 saturated carbocycles. The molecule has 0 aliphatic rings. The van der Waals surface area contributed by atoms with Crippen LogP contribution in [-0.4, -0.2) is 13.4 Å². The number of anilines is 1. The van der Waals surface area contributed by atoms with Crippen molar-refractivity contribution in [2.75, 3.05) is 4.72 Å².